The summed E-state index contributed by atoms with van der Waals surface area (Å²) in [6.45, 7) is 5.91. The Morgan fingerprint density at radius 1 is 1.35 bits per heavy atom. The average molecular weight is 276 g/mol. The molecule has 1 aromatic rings. The molecule has 0 saturated carbocycles. The molecule has 2 saturated heterocycles. The first-order valence-electron chi connectivity index (χ1n) is 7.79. The Kier molecular flexibility index (Phi) is 3.83. The SMILES string of the molecule is CCN1C(=O)CCC[C@]12CCCN(Cc1ccco1)C2. The minimum Gasteiger partial charge on any atom is -0.468 e. The van der Waals surface area contributed by atoms with Crippen molar-refractivity contribution in [1.29, 1.82) is 0 Å². The van der Waals surface area contributed by atoms with Crippen molar-refractivity contribution in [3.05, 3.63) is 24.2 Å². The van der Waals surface area contributed by atoms with Gasteiger partial charge in [-0.05, 0) is 51.3 Å². The second-order valence-electron chi connectivity index (χ2n) is 6.11. The molecule has 0 N–H and O–H groups in total. The third-order valence-electron chi connectivity index (χ3n) is 4.82. The summed E-state index contributed by atoms with van der Waals surface area (Å²) >= 11 is 0. The van der Waals surface area contributed by atoms with Gasteiger partial charge < -0.3 is 9.32 Å². The van der Waals surface area contributed by atoms with Crippen molar-refractivity contribution in [1.82, 2.24) is 9.80 Å². The van der Waals surface area contributed by atoms with E-state index in [1.54, 1.807) is 6.26 Å². The van der Waals surface area contributed by atoms with Gasteiger partial charge in [-0.3, -0.25) is 9.69 Å². The number of hydrogen-bond donors (Lipinski definition) is 0. The predicted molar refractivity (Wildman–Crippen MR) is 77.2 cm³/mol. The highest BCUT2D eigenvalue weighted by atomic mass is 16.3. The zero-order valence-electron chi connectivity index (χ0n) is 12.3. The molecule has 0 radical (unpaired) electrons. The zero-order chi connectivity index (χ0) is 14.0. The van der Waals surface area contributed by atoms with Crippen LogP contribution in [0.25, 0.3) is 0 Å². The lowest BCUT2D eigenvalue weighted by Gasteiger charge is -2.52. The predicted octanol–water partition coefficient (Wildman–Crippen LogP) is 2.65. The molecule has 2 aliphatic rings. The number of likely N-dealkylation sites (N-methyl/N-ethyl adjacent to an activating group) is 1. The molecule has 20 heavy (non-hydrogen) atoms. The molecular formula is C16H24N2O2. The summed E-state index contributed by atoms with van der Waals surface area (Å²) in [6, 6.07) is 3.97. The molecule has 1 amide bonds. The van der Waals surface area contributed by atoms with Gasteiger partial charge >= 0.3 is 0 Å². The van der Waals surface area contributed by atoms with E-state index in [2.05, 4.69) is 16.7 Å². The average Bonchev–Trinajstić information content (AvgIpc) is 2.92. The van der Waals surface area contributed by atoms with Crippen LogP contribution in [0.2, 0.25) is 0 Å². The largest absolute Gasteiger partial charge is 0.468 e. The molecule has 2 aliphatic heterocycles. The van der Waals surface area contributed by atoms with Crippen LogP contribution in [-0.4, -0.2) is 40.9 Å². The quantitative estimate of drug-likeness (QED) is 0.851. The van der Waals surface area contributed by atoms with Crippen molar-refractivity contribution in [3.63, 3.8) is 0 Å². The molecule has 110 valence electrons. The van der Waals surface area contributed by atoms with E-state index in [1.165, 1.54) is 6.42 Å². The monoisotopic (exact) mass is 276 g/mol. The van der Waals surface area contributed by atoms with Crippen molar-refractivity contribution in [2.45, 2.75) is 51.1 Å². The van der Waals surface area contributed by atoms with E-state index in [1.807, 2.05) is 12.1 Å². The highest BCUT2D eigenvalue weighted by Crippen LogP contribution is 2.36. The van der Waals surface area contributed by atoms with Crippen LogP contribution in [-0.2, 0) is 11.3 Å². The van der Waals surface area contributed by atoms with Crippen molar-refractivity contribution < 1.29 is 9.21 Å². The molecule has 3 heterocycles. The van der Waals surface area contributed by atoms with E-state index in [-0.39, 0.29) is 5.54 Å². The number of hydrogen-bond acceptors (Lipinski definition) is 3. The normalized spacial score (nSPS) is 28.2. The molecule has 3 rings (SSSR count). The van der Waals surface area contributed by atoms with Crippen LogP contribution in [0.3, 0.4) is 0 Å². The molecular weight excluding hydrogens is 252 g/mol. The maximum Gasteiger partial charge on any atom is 0.223 e. The molecule has 0 aliphatic carbocycles. The Morgan fingerprint density at radius 3 is 2.95 bits per heavy atom. The summed E-state index contributed by atoms with van der Waals surface area (Å²) in [6.07, 6.45) is 6.99. The van der Waals surface area contributed by atoms with E-state index < -0.39 is 0 Å². The summed E-state index contributed by atoms with van der Waals surface area (Å²) in [4.78, 5) is 16.8. The number of rotatable bonds is 3. The summed E-state index contributed by atoms with van der Waals surface area (Å²) in [7, 11) is 0. The maximum absolute atomic E-state index is 12.2. The van der Waals surface area contributed by atoms with Crippen LogP contribution in [0.5, 0.6) is 0 Å². The molecule has 1 atom stereocenters. The Bertz CT molecular complexity index is 453. The lowest BCUT2D eigenvalue weighted by molar-refractivity contribution is -0.145. The van der Waals surface area contributed by atoms with Crippen LogP contribution in [0, 0.1) is 0 Å². The fourth-order valence-electron chi connectivity index (χ4n) is 4.00. The standard InChI is InChI=1S/C16H24N2O2/c1-2-18-15(19)7-3-8-16(18)9-5-10-17(13-16)12-14-6-4-11-20-14/h4,6,11H,2-3,5,7-10,12-13H2,1H3/t16-/m1/s1. The van der Waals surface area contributed by atoms with E-state index >= 15 is 0 Å². The zero-order valence-corrected chi connectivity index (χ0v) is 12.3. The number of carbonyl (C=O) groups is 1. The third kappa shape index (κ3) is 2.49. The summed E-state index contributed by atoms with van der Waals surface area (Å²) in [5.74, 6) is 1.37. The van der Waals surface area contributed by atoms with Crippen LogP contribution >= 0.6 is 0 Å². The van der Waals surface area contributed by atoms with E-state index in [4.69, 9.17) is 4.42 Å². The molecule has 0 aromatic carbocycles. The number of piperidine rings is 2. The van der Waals surface area contributed by atoms with Crippen molar-refractivity contribution >= 4 is 5.91 Å². The fraction of sp³-hybridized carbons (Fsp3) is 0.688. The minimum absolute atomic E-state index is 0.0783. The maximum atomic E-state index is 12.2. The van der Waals surface area contributed by atoms with E-state index in [0.717, 1.165) is 57.6 Å². The van der Waals surface area contributed by atoms with Gasteiger partial charge in [0.1, 0.15) is 5.76 Å². The van der Waals surface area contributed by atoms with Gasteiger partial charge in [-0.25, -0.2) is 0 Å². The molecule has 4 heteroatoms. The summed E-state index contributed by atoms with van der Waals surface area (Å²) in [5, 5.41) is 0. The Morgan fingerprint density at radius 2 is 2.20 bits per heavy atom. The van der Waals surface area contributed by atoms with Gasteiger partial charge in [0.2, 0.25) is 5.91 Å². The smallest absolute Gasteiger partial charge is 0.223 e. The Hall–Kier alpha value is -1.29. The number of furan rings is 1. The molecule has 1 aromatic heterocycles. The summed E-state index contributed by atoms with van der Waals surface area (Å²) < 4.78 is 5.46. The molecule has 0 bridgehead atoms. The van der Waals surface area contributed by atoms with Crippen molar-refractivity contribution in [2.24, 2.45) is 0 Å². The van der Waals surface area contributed by atoms with E-state index in [0.29, 0.717) is 5.91 Å². The Labute approximate surface area is 120 Å². The van der Waals surface area contributed by atoms with Crippen LogP contribution < -0.4 is 0 Å². The van der Waals surface area contributed by atoms with Gasteiger partial charge in [0, 0.05) is 19.5 Å². The minimum atomic E-state index is 0.0783. The highest BCUT2D eigenvalue weighted by Gasteiger charge is 2.44. The fourth-order valence-corrected chi connectivity index (χ4v) is 4.00. The third-order valence-corrected chi connectivity index (χ3v) is 4.82. The van der Waals surface area contributed by atoms with Gasteiger partial charge in [-0.2, -0.15) is 0 Å². The van der Waals surface area contributed by atoms with Gasteiger partial charge in [-0.15, -0.1) is 0 Å². The summed E-state index contributed by atoms with van der Waals surface area (Å²) in [5.41, 5.74) is 0.0783. The van der Waals surface area contributed by atoms with Crippen LogP contribution in [0.4, 0.5) is 0 Å². The number of amides is 1. The van der Waals surface area contributed by atoms with E-state index in [9.17, 15) is 4.79 Å². The van der Waals surface area contributed by atoms with Gasteiger partial charge in [-0.1, -0.05) is 0 Å². The number of carbonyl (C=O) groups excluding carboxylic acids is 1. The molecule has 0 unspecified atom stereocenters. The molecule has 4 nitrogen and oxygen atoms in total. The van der Waals surface area contributed by atoms with Crippen molar-refractivity contribution in [2.75, 3.05) is 19.6 Å². The topological polar surface area (TPSA) is 36.7 Å². The highest BCUT2D eigenvalue weighted by molar-refractivity contribution is 5.78. The molecule has 2 fully saturated rings. The first kappa shape index (κ1) is 13.7. The number of nitrogens with zero attached hydrogens (tertiary/aromatic N) is 2. The second kappa shape index (κ2) is 5.60. The number of likely N-dealkylation sites (tertiary alicyclic amines) is 2. The van der Waals surface area contributed by atoms with Gasteiger partial charge in [0.15, 0.2) is 0 Å². The lowest BCUT2D eigenvalue weighted by atomic mass is 9.79. The van der Waals surface area contributed by atoms with Gasteiger partial charge in [0.25, 0.3) is 0 Å². The second-order valence-corrected chi connectivity index (χ2v) is 6.11. The van der Waals surface area contributed by atoms with Gasteiger partial charge in [0.05, 0.1) is 18.3 Å². The first-order valence-corrected chi connectivity index (χ1v) is 7.79. The van der Waals surface area contributed by atoms with Crippen molar-refractivity contribution in [3.8, 4) is 0 Å². The van der Waals surface area contributed by atoms with Crippen LogP contribution in [0.15, 0.2) is 22.8 Å². The lowest BCUT2D eigenvalue weighted by Crippen LogP contribution is -2.62. The molecule has 1 spiro atoms. The Balaban J connectivity index is 1.74. The first-order chi connectivity index (χ1) is 9.73. The van der Waals surface area contributed by atoms with Crippen LogP contribution in [0.1, 0.15) is 44.8 Å².